The molecule has 1 aliphatic rings. The SMILES string of the molecule is O=C(O)Oc1cn(Cc2ccc(-c3ccc(N4CCCC4)nc3)cc2)c2c(F)cccc2c1=O. The van der Waals surface area contributed by atoms with E-state index in [1.54, 1.807) is 0 Å². The van der Waals surface area contributed by atoms with Crippen molar-refractivity contribution in [2.75, 3.05) is 18.0 Å². The third-order valence-corrected chi connectivity index (χ3v) is 6.03. The predicted molar refractivity (Wildman–Crippen MR) is 127 cm³/mol. The van der Waals surface area contributed by atoms with Gasteiger partial charge in [-0.1, -0.05) is 30.3 Å². The number of fused-ring (bicyclic) bond motifs is 1. The third kappa shape index (κ3) is 4.22. The summed E-state index contributed by atoms with van der Waals surface area (Å²) in [7, 11) is 0. The van der Waals surface area contributed by atoms with Gasteiger partial charge in [-0.2, -0.15) is 0 Å². The van der Waals surface area contributed by atoms with Crippen molar-refractivity contribution in [3.05, 3.63) is 88.6 Å². The van der Waals surface area contributed by atoms with Crippen LogP contribution in [0, 0.1) is 5.82 Å². The van der Waals surface area contributed by atoms with Gasteiger partial charge < -0.3 is 19.3 Å². The molecule has 1 saturated heterocycles. The van der Waals surface area contributed by atoms with Crippen molar-refractivity contribution in [3.8, 4) is 16.9 Å². The number of carboxylic acid groups (broad SMARTS) is 1. The number of benzene rings is 2. The lowest BCUT2D eigenvalue weighted by Crippen LogP contribution is -2.18. The first-order chi connectivity index (χ1) is 16.5. The van der Waals surface area contributed by atoms with Gasteiger partial charge in [0.2, 0.25) is 5.43 Å². The number of para-hydroxylation sites is 1. The summed E-state index contributed by atoms with van der Waals surface area (Å²) in [5, 5.41) is 9.02. The Morgan fingerprint density at radius 1 is 1.03 bits per heavy atom. The summed E-state index contributed by atoms with van der Waals surface area (Å²) in [6.07, 6.45) is 3.89. The third-order valence-electron chi connectivity index (χ3n) is 6.03. The molecule has 5 rings (SSSR count). The smallest absolute Gasteiger partial charge is 0.449 e. The Kier molecular flexibility index (Phi) is 5.71. The molecule has 0 atom stereocenters. The van der Waals surface area contributed by atoms with Crippen molar-refractivity contribution in [1.82, 2.24) is 9.55 Å². The van der Waals surface area contributed by atoms with Gasteiger partial charge in [-0.05, 0) is 48.2 Å². The number of ether oxygens (including phenoxy) is 1. The van der Waals surface area contributed by atoms with E-state index in [1.807, 2.05) is 36.5 Å². The van der Waals surface area contributed by atoms with E-state index in [0.717, 1.165) is 35.6 Å². The number of hydrogen-bond donors (Lipinski definition) is 1. The van der Waals surface area contributed by atoms with Crippen molar-refractivity contribution < 1.29 is 19.0 Å². The Labute approximate surface area is 194 Å². The lowest BCUT2D eigenvalue weighted by molar-refractivity contribution is 0.144. The van der Waals surface area contributed by atoms with Gasteiger partial charge in [-0.15, -0.1) is 0 Å². The molecule has 2 aromatic carbocycles. The Morgan fingerprint density at radius 2 is 1.76 bits per heavy atom. The second kappa shape index (κ2) is 8.97. The standard InChI is InChI=1S/C26H22FN3O4/c27-21-5-3-4-20-24(21)30(16-22(25(20)31)34-26(32)33)15-17-6-8-18(9-7-17)19-10-11-23(28-14-19)29-12-1-2-13-29/h3-11,14,16H,1-2,12-13,15H2,(H,32,33). The molecule has 1 fully saturated rings. The molecule has 1 N–H and O–H groups in total. The van der Waals surface area contributed by atoms with Crippen LogP contribution < -0.4 is 15.1 Å². The van der Waals surface area contributed by atoms with Gasteiger partial charge in [0.05, 0.1) is 17.1 Å². The second-order valence-corrected chi connectivity index (χ2v) is 8.25. The Bertz CT molecular complexity index is 1410. The number of hydrogen-bond acceptors (Lipinski definition) is 5. The van der Waals surface area contributed by atoms with Crippen LogP contribution in [-0.2, 0) is 6.54 Å². The van der Waals surface area contributed by atoms with Gasteiger partial charge in [0.15, 0.2) is 5.75 Å². The van der Waals surface area contributed by atoms with Gasteiger partial charge in [0.1, 0.15) is 11.6 Å². The van der Waals surface area contributed by atoms with Crippen LogP contribution in [0.1, 0.15) is 18.4 Å². The monoisotopic (exact) mass is 459 g/mol. The summed E-state index contributed by atoms with van der Waals surface area (Å²) in [5.74, 6) is 0.0491. The van der Waals surface area contributed by atoms with Crippen LogP contribution in [0.5, 0.6) is 5.75 Å². The summed E-state index contributed by atoms with van der Waals surface area (Å²) in [6.45, 7) is 2.31. The zero-order valence-electron chi connectivity index (χ0n) is 18.3. The number of anilines is 1. The largest absolute Gasteiger partial charge is 0.511 e. The number of carbonyl (C=O) groups is 1. The molecule has 8 heteroatoms. The van der Waals surface area contributed by atoms with Crippen LogP contribution in [0.15, 0.2) is 71.8 Å². The quantitative estimate of drug-likeness (QED) is 0.427. The van der Waals surface area contributed by atoms with Crippen LogP contribution in [-0.4, -0.2) is 33.9 Å². The van der Waals surface area contributed by atoms with Crippen molar-refractivity contribution in [3.63, 3.8) is 0 Å². The lowest BCUT2D eigenvalue weighted by atomic mass is 10.1. The minimum atomic E-state index is -1.60. The minimum absolute atomic E-state index is 0.0551. The zero-order chi connectivity index (χ0) is 23.7. The van der Waals surface area contributed by atoms with Gasteiger partial charge in [0, 0.05) is 31.4 Å². The molecule has 172 valence electrons. The van der Waals surface area contributed by atoms with Crippen LogP contribution in [0.4, 0.5) is 15.0 Å². The van der Waals surface area contributed by atoms with Gasteiger partial charge in [-0.25, -0.2) is 14.2 Å². The first-order valence-corrected chi connectivity index (χ1v) is 11.0. The van der Waals surface area contributed by atoms with E-state index in [4.69, 9.17) is 5.11 Å². The van der Waals surface area contributed by atoms with E-state index >= 15 is 0 Å². The summed E-state index contributed by atoms with van der Waals surface area (Å²) in [4.78, 5) is 30.4. The van der Waals surface area contributed by atoms with Gasteiger partial charge in [-0.3, -0.25) is 4.79 Å². The number of pyridine rings is 2. The molecule has 0 aliphatic carbocycles. The van der Waals surface area contributed by atoms with E-state index in [-0.39, 0.29) is 23.2 Å². The normalized spacial score (nSPS) is 13.4. The highest BCUT2D eigenvalue weighted by atomic mass is 19.1. The highest BCUT2D eigenvalue weighted by Gasteiger charge is 2.16. The van der Waals surface area contributed by atoms with E-state index in [1.165, 1.54) is 41.8 Å². The average molecular weight is 459 g/mol. The van der Waals surface area contributed by atoms with Crippen molar-refractivity contribution >= 4 is 22.9 Å². The van der Waals surface area contributed by atoms with Gasteiger partial charge in [0.25, 0.3) is 0 Å². The summed E-state index contributed by atoms with van der Waals surface area (Å²) < 4.78 is 20.8. The highest BCUT2D eigenvalue weighted by Crippen LogP contribution is 2.25. The topological polar surface area (TPSA) is 84.7 Å². The van der Waals surface area contributed by atoms with Crippen molar-refractivity contribution in [2.24, 2.45) is 0 Å². The summed E-state index contributed by atoms with van der Waals surface area (Å²) >= 11 is 0. The molecule has 0 amide bonds. The summed E-state index contributed by atoms with van der Waals surface area (Å²) in [5.41, 5.74) is 2.26. The fourth-order valence-electron chi connectivity index (χ4n) is 4.37. The number of halogens is 1. The summed E-state index contributed by atoms with van der Waals surface area (Å²) in [6, 6.07) is 15.9. The maximum absolute atomic E-state index is 14.6. The Hall–Kier alpha value is -4.20. The maximum atomic E-state index is 14.6. The van der Waals surface area contributed by atoms with E-state index in [0.29, 0.717) is 0 Å². The molecule has 0 radical (unpaired) electrons. The Morgan fingerprint density at radius 3 is 2.44 bits per heavy atom. The van der Waals surface area contributed by atoms with Crippen molar-refractivity contribution in [2.45, 2.75) is 19.4 Å². The van der Waals surface area contributed by atoms with E-state index in [9.17, 15) is 14.0 Å². The predicted octanol–water partition coefficient (Wildman–Crippen LogP) is 4.91. The van der Waals surface area contributed by atoms with E-state index in [2.05, 4.69) is 20.7 Å². The van der Waals surface area contributed by atoms with Gasteiger partial charge >= 0.3 is 6.16 Å². The average Bonchev–Trinajstić information content (AvgIpc) is 3.37. The molecule has 4 aromatic rings. The first kappa shape index (κ1) is 21.6. The molecular weight excluding hydrogens is 437 g/mol. The van der Waals surface area contributed by atoms with Crippen LogP contribution >= 0.6 is 0 Å². The number of nitrogens with zero attached hydrogens (tertiary/aromatic N) is 3. The molecule has 2 aromatic heterocycles. The number of aromatic nitrogens is 2. The molecule has 34 heavy (non-hydrogen) atoms. The molecule has 0 unspecified atom stereocenters. The highest BCUT2D eigenvalue weighted by molar-refractivity contribution is 5.81. The Balaban J connectivity index is 1.43. The van der Waals surface area contributed by atoms with Crippen LogP contribution in [0.25, 0.3) is 22.0 Å². The molecule has 0 saturated carbocycles. The van der Waals surface area contributed by atoms with Crippen LogP contribution in [0.2, 0.25) is 0 Å². The molecule has 3 heterocycles. The number of rotatable bonds is 5. The minimum Gasteiger partial charge on any atom is -0.449 e. The zero-order valence-corrected chi connectivity index (χ0v) is 18.3. The van der Waals surface area contributed by atoms with Crippen LogP contribution in [0.3, 0.4) is 0 Å². The molecule has 1 aliphatic heterocycles. The first-order valence-electron chi connectivity index (χ1n) is 11.0. The van der Waals surface area contributed by atoms with Crippen molar-refractivity contribution in [1.29, 1.82) is 0 Å². The molecule has 0 bridgehead atoms. The van der Waals surface area contributed by atoms with E-state index < -0.39 is 17.4 Å². The second-order valence-electron chi connectivity index (χ2n) is 8.25. The fourth-order valence-corrected chi connectivity index (χ4v) is 4.37. The maximum Gasteiger partial charge on any atom is 0.511 e. The lowest BCUT2D eigenvalue weighted by Gasteiger charge is -2.16. The molecule has 7 nitrogen and oxygen atoms in total. The molecular formula is C26H22FN3O4. The molecule has 0 spiro atoms. The fraction of sp³-hybridized carbons (Fsp3) is 0.192.